The fourth-order valence-corrected chi connectivity index (χ4v) is 10.7. The predicted molar refractivity (Wildman–Crippen MR) is 444 cm³/mol. The van der Waals surface area contributed by atoms with Crippen molar-refractivity contribution < 1.29 is 69.6 Å². The number of aryl methyl sites for hydroxylation is 3. The fourth-order valence-electron chi connectivity index (χ4n) is 10.4. The summed E-state index contributed by atoms with van der Waals surface area (Å²) in [7, 11) is 0. The van der Waals surface area contributed by atoms with Gasteiger partial charge in [0, 0.05) is 128 Å². The van der Waals surface area contributed by atoms with Gasteiger partial charge >= 0.3 is 0 Å². The van der Waals surface area contributed by atoms with E-state index in [1.807, 2.05) is 50.2 Å². The Morgan fingerprint density at radius 1 is 0.344 bits per heavy atom. The maximum absolute atomic E-state index is 13.9. The van der Waals surface area contributed by atoms with Crippen LogP contribution in [0.1, 0.15) is 74.4 Å². The molecule has 0 radical (unpaired) electrons. The van der Waals surface area contributed by atoms with Gasteiger partial charge in [0.2, 0.25) is 11.6 Å². The van der Waals surface area contributed by atoms with Gasteiger partial charge in [-0.05, 0) is 118 Å². The zero-order valence-corrected chi connectivity index (χ0v) is 65.4. The van der Waals surface area contributed by atoms with E-state index >= 15 is 0 Å². The van der Waals surface area contributed by atoms with E-state index in [0.29, 0.717) is 83.8 Å². The zero-order valence-electron chi connectivity index (χ0n) is 63.9. The summed E-state index contributed by atoms with van der Waals surface area (Å²) in [5.41, 5.74) is 6.67. The van der Waals surface area contributed by atoms with Crippen molar-refractivity contribution >= 4 is 81.2 Å². The maximum atomic E-state index is 13.9. The molecule has 0 aliphatic rings. The van der Waals surface area contributed by atoms with Crippen molar-refractivity contribution in [2.24, 2.45) is 0 Å². The third-order valence-corrected chi connectivity index (χ3v) is 16.2. The van der Waals surface area contributed by atoms with E-state index in [2.05, 4.69) is 87.3 Å². The fraction of sp³-hybridized carbons (Fsp3) is 0.0337. The number of benzene rings is 8. The molecule has 8 aromatic carbocycles. The first-order valence-corrected chi connectivity index (χ1v) is 36.6. The Labute approximate surface area is 702 Å². The molecule has 7 aromatic heterocycles. The molecule has 0 bridgehead atoms. The third-order valence-electron chi connectivity index (χ3n) is 15.7. The number of carbonyl (C=O) groups excluding carboxylic acids is 5. The number of ether oxygens (including phenoxy) is 5. The molecular weight excluding hydrogens is 1620 g/mol. The summed E-state index contributed by atoms with van der Waals surface area (Å²) in [6.07, 6.45) is 26.4. The van der Waals surface area contributed by atoms with Crippen LogP contribution in [0.15, 0.2) is 294 Å². The molecule has 7 heterocycles. The number of nitrogens with one attached hydrogen (secondary N) is 5. The molecule has 0 aliphatic heterocycles. The Morgan fingerprint density at radius 3 is 1.23 bits per heavy atom. The Hall–Kier alpha value is -16.3. The minimum absolute atomic E-state index is 0.0162. The van der Waals surface area contributed by atoms with Crippen molar-refractivity contribution in [2.75, 3.05) is 26.6 Å². The van der Waals surface area contributed by atoms with Crippen LogP contribution in [0.5, 0.6) is 57.5 Å². The molecule has 5 amide bonds. The van der Waals surface area contributed by atoms with Crippen LogP contribution in [0.2, 0.25) is 10.0 Å². The molecule has 26 nitrogen and oxygen atoms in total. The lowest BCUT2D eigenvalue weighted by molar-refractivity contribution is 0.101. The molecular formula is C89H63Cl2F5N16O10. The van der Waals surface area contributed by atoms with Crippen LogP contribution in [-0.2, 0) is 0 Å². The first-order chi connectivity index (χ1) is 59.0. The number of rotatable bonds is 20. The molecule has 0 atom stereocenters. The van der Waals surface area contributed by atoms with Crippen LogP contribution in [0.25, 0.3) is 0 Å². The van der Waals surface area contributed by atoms with Crippen LogP contribution in [-0.4, -0.2) is 84.4 Å². The molecule has 608 valence electrons. The number of terminal acetylenes is 1. The van der Waals surface area contributed by atoms with Crippen molar-refractivity contribution in [2.45, 2.75) is 20.8 Å². The number of aromatic nitrogens is 11. The van der Waals surface area contributed by atoms with Gasteiger partial charge < -0.3 is 50.3 Å². The first-order valence-electron chi connectivity index (χ1n) is 35.8. The SMILES string of the molecule is C#Cc1cccc(C(=O)Nc2cccc(Oc3cncc(Cl)c3)c2)c1.Cc1cccc(C(=O)Nc2cc(F)c(F)c(Oc3cncnc3)c2)n1.Cc1cccc(C(=O)Nc2cc(F)cc(Oc3cncnc3)c2)c1.Cc1cccc(C(=O)Nc2cccc(Oc3cncnc3)c2)c1.O=C(Nc1cc(F)c(F)c(Oc2cncnc2)c1)c1cc(Cl)ccn1. The Morgan fingerprint density at radius 2 is 0.754 bits per heavy atom. The third kappa shape index (κ3) is 26.9. The molecule has 0 spiro atoms. The lowest BCUT2D eigenvalue weighted by Gasteiger charge is -2.10. The summed E-state index contributed by atoms with van der Waals surface area (Å²) in [5, 5.41) is 14.0. The minimum Gasteiger partial charge on any atom is -0.456 e. The van der Waals surface area contributed by atoms with Crippen molar-refractivity contribution in [1.29, 1.82) is 0 Å². The number of nitrogens with zero attached hydrogens (tertiary/aromatic N) is 11. The van der Waals surface area contributed by atoms with E-state index < -0.39 is 52.4 Å². The van der Waals surface area contributed by atoms with Crippen molar-refractivity contribution in [3.8, 4) is 69.8 Å². The molecule has 33 heteroatoms. The molecule has 15 rings (SSSR count). The number of amides is 5. The highest BCUT2D eigenvalue weighted by Gasteiger charge is 2.20. The largest absolute Gasteiger partial charge is 0.456 e. The van der Waals surface area contributed by atoms with Crippen molar-refractivity contribution in [3.63, 3.8) is 0 Å². The molecule has 0 saturated carbocycles. The quantitative estimate of drug-likeness (QED) is 0.0349. The molecule has 0 saturated heterocycles. The van der Waals surface area contributed by atoms with Crippen LogP contribution < -0.4 is 50.3 Å². The summed E-state index contributed by atoms with van der Waals surface area (Å²) in [4.78, 5) is 103. The summed E-state index contributed by atoms with van der Waals surface area (Å²) < 4.78 is 96.5. The van der Waals surface area contributed by atoms with Crippen LogP contribution in [0, 0.1) is 62.2 Å². The molecule has 122 heavy (non-hydrogen) atoms. The number of hydrogen-bond donors (Lipinski definition) is 5. The predicted octanol–water partition coefficient (Wildman–Crippen LogP) is 19.9. The second kappa shape index (κ2) is 43.0. The van der Waals surface area contributed by atoms with E-state index in [9.17, 15) is 45.9 Å². The maximum Gasteiger partial charge on any atom is 0.274 e. The molecule has 15 aromatic rings. The van der Waals surface area contributed by atoms with Gasteiger partial charge in [0.15, 0.2) is 46.1 Å². The molecule has 5 N–H and O–H groups in total. The molecule has 0 fully saturated rings. The van der Waals surface area contributed by atoms with Gasteiger partial charge in [0.05, 0.1) is 60.8 Å². The van der Waals surface area contributed by atoms with Gasteiger partial charge in [0.1, 0.15) is 65.5 Å². The highest BCUT2D eigenvalue weighted by molar-refractivity contribution is 6.31. The second-order valence-corrected chi connectivity index (χ2v) is 26.0. The smallest absolute Gasteiger partial charge is 0.274 e. The monoisotopic (exact) mass is 1680 g/mol. The zero-order chi connectivity index (χ0) is 86.3. The van der Waals surface area contributed by atoms with Gasteiger partial charge in [-0.15, -0.1) is 6.42 Å². The summed E-state index contributed by atoms with van der Waals surface area (Å²) in [6.45, 7) is 5.59. The molecule has 0 aliphatic carbocycles. The van der Waals surface area contributed by atoms with E-state index in [0.717, 1.165) is 29.3 Å². The number of hydrogen-bond acceptors (Lipinski definition) is 21. The van der Waals surface area contributed by atoms with Gasteiger partial charge in [-0.3, -0.25) is 33.9 Å². The van der Waals surface area contributed by atoms with E-state index in [1.54, 1.807) is 129 Å². The van der Waals surface area contributed by atoms with Gasteiger partial charge in [-0.25, -0.2) is 58.0 Å². The van der Waals surface area contributed by atoms with Gasteiger partial charge in [0.25, 0.3) is 29.5 Å². The Bertz CT molecular complexity index is 6090. The minimum atomic E-state index is -1.21. The second-order valence-electron chi connectivity index (χ2n) is 25.2. The summed E-state index contributed by atoms with van der Waals surface area (Å²) in [6, 6.07) is 53.0. The highest BCUT2D eigenvalue weighted by atomic mass is 35.5. The van der Waals surface area contributed by atoms with Crippen LogP contribution in [0.3, 0.4) is 0 Å². The summed E-state index contributed by atoms with van der Waals surface area (Å²) in [5.74, 6) is -2.45. The molecule has 0 unspecified atom stereocenters. The number of halogens is 7. The van der Waals surface area contributed by atoms with E-state index in [1.165, 1.54) is 117 Å². The Kier molecular flexibility index (Phi) is 30.5. The number of carbonyl (C=O) groups is 5. The topological polar surface area (TPSA) is 333 Å². The average molecular weight is 1680 g/mol. The normalized spacial score (nSPS) is 10.2. The van der Waals surface area contributed by atoms with Crippen molar-refractivity contribution in [3.05, 3.63) is 383 Å². The lowest BCUT2D eigenvalue weighted by atomic mass is 10.1. The summed E-state index contributed by atoms with van der Waals surface area (Å²) >= 11 is 11.7. The van der Waals surface area contributed by atoms with Gasteiger partial charge in [-0.1, -0.05) is 88.8 Å². The van der Waals surface area contributed by atoms with E-state index in [4.69, 9.17) is 53.3 Å². The first kappa shape index (κ1) is 86.5. The lowest BCUT2D eigenvalue weighted by Crippen LogP contribution is -2.14. The standard InChI is InChI=1S/C20H13ClN2O2.C18H14FN3O2.C18H15N3O2.C17H12F2N4O2.C16H9ClF2N4O2/c1-2-14-5-3-6-15(9-14)20(24)23-17-7-4-8-18(11-17)25-19-10-16(21)12-22-13-19;1-12-3-2-4-13(5-12)18(23)22-15-6-14(19)7-16(8-15)24-17-9-20-11-21-10-17;1-13-4-2-5-14(8-13)18(22)21-15-6-3-7-16(9-15)23-17-10-19-12-20-11-17;1-10-3-2-4-14(22-10)17(24)23-11-5-13(18)16(19)15(6-11)25-12-7-20-9-21-8-12;17-9-1-2-22-13(3-9)16(24)23-10-4-12(18)15(19)14(5-10)25-11-6-20-8-21-7-11/h1,3-13H,(H,23,24);2-11H,1H3,(H,22,23);2-12H,1H3,(H,21,22);2-9H,1H3,(H,23,24);1-8H,(H,23,24). The Balaban J connectivity index is 0.000000149. The average Bonchev–Trinajstić information content (AvgIpc) is 0.829. The van der Waals surface area contributed by atoms with Crippen LogP contribution in [0.4, 0.5) is 50.4 Å². The van der Waals surface area contributed by atoms with E-state index in [-0.39, 0.29) is 57.7 Å². The number of pyridine rings is 3. The van der Waals surface area contributed by atoms with Crippen molar-refractivity contribution in [1.82, 2.24) is 54.8 Å². The highest BCUT2D eigenvalue weighted by Crippen LogP contribution is 2.33. The van der Waals surface area contributed by atoms with Crippen LogP contribution >= 0.6 is 23.2 Å². The number of anilines is 5. The van der Waals surface area contributed by atoms with Gasteiger partial charge in [-0.2, -0.15) is 8.78 Å².